The lowest BCUT2D eigenvalue weighted by atomic mass is 10.0. The van der Waals surface area contributed by atoms with E-state index in [1.165, 1.54) is 43.5 Å². The van der Waals surface area contributed by atoms with Gasteiger partial charge >= 0.3 is 5.97 Å². The fraction of sp³-hybridized carbons (Fsp3) is 0.364. The van der Waals surface area contributed by atoms with Crippen molar-refractivity contribution in [2.24, 2.45) is 0 Å². The molecule has 1 unspecified atom stereocenters. The van der Waals surface area contributed by atoms with Crippen molar-refractivity contribution in [1.29, 1.82) is 0 Å². The topological polar surface area (TPSA) is 114 Å². The van der Waals surface area contributed by atoms with Gasteiger partial charge in [0.15, 0.2) is 11.5 Å². The fourth-order valence-corrected chi connectivity index (χ4v) is 3.10. The summed E-state index contributed by atoms with van der Waals surface area (Å²) in [6.07, 6.45) is 1.51. The number of nitrogens with zero attached hydrogens (tertiary/aromatic N) is 3. The number of likely N-dealkylation sites (tertiary alicyclic amines) is 1. The summed E-state index contributed by atoms with van der Waals surface area (Å²) in [5, 5.41) is 13.4. The molecule has 1 aliphatic rings. The molecule has 1 saturated heterocycles. The van der Waals surface area contributed by atoms with Gasteiger partial charge in [-0.3, -0.25) is 4.79 Å². The molecule has 0 bridgehead atoms. The molecule has 32 heavy (non-hydrogen) atoms. The summed E-state index contributed by atoms with van der Waals surface area (Å²) in [4.78, 5) is 34.1. The minimum Gasteiger partial charge on any atom is -0.464 e. The van der Waals surface area contributed by atoms with Crippen molar-refractivity contribution in [3.05, 3.63) is 41.5 Å². The number of anilines is 1. The molecular weight excluding hydrogens is 419 g/mol. The summed E-state index contributed by atoms with van der Waals surface area (Å²) in [6.45, 7) is 1.16. The highest BCUT2D eigenvalue weighted by molar-refractivity contribution is 5.93. The summed E-state index contributed by atoms with van der Waals surface area (Å²) >= 11 is 0. The molecule has 1 amide bonds. The predicted molar refractivity (Wildman–Crippen MR) is 113 cm³/mol. The molecule has 2 aromatic rings. The maximum atomic E-state index is 14.6. The maximum absolute atomic E-state index is 14.6. The Balaban J connectivity index is 1.95. The van der Waals surface area contributed by atoms with Crippen molar-refractivity contribution in [3.63, 3.8) is 0 Å². The van der Waals surface area contributed by atoms with Crippen LogP contribution in [0.1, 0.15) is 22.5 Å². The number of halogens is 1. The highest BCUT2D eigenvalue weighted by Gasteiger charge is 2.42. The van der Waals surface area contributed by atoms with Gasteiger partial charge < -0.3 is 24.8 Å². The van der Waals surface area contributed by atoms with E-state index in [-0.39, 0.29) is 29.2 Å². The van der Waals surface area contributed by atoms with Gasteiger partial charge in [0.25, 0.3) is 5.91 Å². The number of carbonyl (C=O) groups is 2. The van der Waals surface area contributed by atoms with Crippen molar-refractivity contribution < 1.29 is 28.6 Å². The molecule has 1 aromatic carbocycles. The first-order valence-corrected chi connectivity index (χ1v) is 9.78. The fourth-order valence-electron chi connectivity index (χ4n) is 3.10. The molecule has 1 aromatic heterocycles. The summed E-state index contributed by atoms with van der Waals surface area (Å²) in [7, 11) is 4.33. The number of nitrogens with one attached hydrogen (secondary N) is 1. The SMILES string of the molecule is COCCNc1ncc(-c2cc(C#CC3(O)CCN(C)C3=O)ccc2F)nc1C(=O)OC. The number of esters is 1. The number of hydrogen-bond donors (Lipinski definition) is 2. The Labute approximate surface area is 184 Å². The lowest BCUT2D eigenvalue weighted by Gasteiger charge is -2.13. The number of aliphatic hydroxyl groups is 1. The standard InChI is InChI=1S/C22H23FN4O5/c1-27-10-8-22(30,21(27)29)7-6-14-4-5-16(23)15(12-14)17-13-25-19(24-9-11-31-2)18(26-17)20(28)32-3/h4-5,12-13,30H,8-11H2,1-3H3,(H,24,25). The average Bonchev–Trinajstić information content (AvgIpc) is 3.06. The van der Waals surface area contributed by atoms with Gasteiger partial charge in [-0.25, -0.2) is 19.2 Å². The van der Waals surface area contributed by atoms with E-state index in [0.717, 1.165) is 0 Å². The normalized spacial score (nSPS) is 17.7. The zero-order chi connectivity index (χ0) is 23.3. The summed E-state index contributed by atoms with van der Waals surface area (Å²) in [6, 6.07) is 4.03. The Morgan fingerprint density at radius 3 is 2.84 bits per heavy atom. The Kier molecular flexibility index (Phi) is 7.02. The zero-order valence-corrected chi connectivity index (χ0v) is 17.9. The van der Waals surface area contributed by atoms with E-state index in [2.05, 4.69) is 27.1 Å². The number of methoxy groups -OCH3 is 2. The second-order valence-electron chi connectivity index (χ2n) is 7.15. The first-order chi connectivity index (χ1) is 15.3. The van der Waals surface area contributed by atoms with Crippen LogP contribution in [0.4, 0.5) is 10.2 Å². The number of ether oxygens (including phenoxy) is 2. The van der Waals surface area contributed by atoms with E-state index >= 15 is 0 Å². The lowest BCUT2D eigenvalue weighted by molar-refractivity contribution is -0.137. The lowest BCUT2D eigenvalue weighted by Crippen LogP contribution is -2.37. The monoisotopic (exact) mass is 442 g/mol. The van der Waals surface area contributed by atoms with Crippen molar-refractivity contribution in [2.75, 3.05) is 46.3 Å². The number of amides is 1. The molecule has 0 saturated carbocycles. The van der Waals surface area contributed by atoms with Gasteiger partial charge in [0.05, 0.1) is 25.6 Å². The summed E-state index contributed by atoms with van der Waals surface area (Å²) < 4.78 is 24.3. The number of hydrogen-bond acceptors (Lipinski definition) is 8. The minimum atomic E-state index is -1.77. The van der Waals surface area contributed by atoms with Gasteiger partial charge in [-0.05, 0) is 18.2 Å². The number of likely N-dealkylation sites (N-methyl/N-ethyl adjacent to an activating group) is 1. The molecule has 1 fully saturated rings. The van der Waals surface area contributed by atoms with Crippen LogP contribution in [0.25, 0.3) is 11.3 Å². The second kappa shape index (κ2) is 9.72. The first kappa shape index (κ1) is 23.1. The first-order valence-electron chi connectivity index (χ1n) is 9.78. The van der Waals surface area contributed by atoms with Gasteiger partial charge in [0.2, 0.25) is 5.60 Å². The highest BCUT2D eigenvalue weighted by Crippen LogP contribution is 2.25. The zero-order valence-electron chi connectivity index (χ0n) is 17.9. The van der Waals surface area contributed by atoms with E-state index in [4.69, 9.17) is 9.47 Å². The molecule has 2 N–H and O–H groups in total. The van der Waals surface area contributed by atoms with Gasteiger partial charge in [-0.1, -0.05) is 11.8 Å². The van der Waals surface area contributed by atoms with E-state index in [0.29, 0.717) is 25.3 Å². The number of aromatic nitrogens is 2. The van der Waals surface area contributed by atoms with Gasteiger partial charge in [-0.15, -0.1) is 0 Å². The maximum Gasteiger partial charge on any atom is 0.360 e. The van der Waals surface area contributed by atoms with Crippen LogP contribution in [0.15, 0.2) is 24.4 Å². The summed E-state index contributed by atoms with van der Waals surface area (Å²) in [5.74, 6) is 3.69. The Morgan fingerprint density at radius 1 is 1.41 bits per heavy atom. The molecule has 9 nitrogen and oxygen atoms in total. The molecule has 10 heteroatoms. The molecule has 168 valence electrons. The van der Waals surface area contributed by atoms with Crippen LogP contribution < -0.4 is 5.32 Å². The molecule has 3 rings (SSSR count). The van der Waals surface area contributed by atoms with Gasteiger partial charge in [0, 0.05) is 44.8 Å². The van der Waals surface area contributed by atoms with Crippen LogP contribution in [-0.2, 0) is 14.3 Å². The molecule has 0 aliphatic carbocycles. The van der Waals surface area contributed by atoms with Crippen molar-refractivity contribution in [2.45, 2.75) is 12.0 Å². The van der Waals surface area contributed by atoms with E-state index in [9.17, 15) is 19.1 Å². The van der Waals surface area contributed by atoms with E-state index in [1.54, 1.807) is 7.05 Å². The van der Waals surface area contributed by atoms with Crippen molar-refractivity contribution in [3.8, 4) is 23.1 Å². The molecule has 1 atom stereocenters. The van der Waals surface area contributed by atoms with Gasteiger partial charge in [-0.2, -0.15) is 0 Å². The van der Waals surface area contributed by atoms with Crippen LogP contribution in [-0.4, -0.2) is 78.4 Å². The van der Waals surface area contributed by atoms with Gasteiger partial charge in [0.1, 0.15) is 5.82 Å². The van der Waals surface area contributed by atoms with Crippen LogP contribution in [0.5, 0.6) is 0 Å². The minimum absolute atomic E-state index is 0.0553. The van der Waals surface area contributed by atoms with Crippen LogP contribution in [0, 0.1) is 17.7 Å². The van der Waals surface area contributed by atoms with Crippen molar-refractivity contribution in [1.82, 2.24) is 14.9 Å². The van der Waals surface area contributed by atoms with Crippen LogP contribution >= 0.6 is 0 Å². The van der Waals surface area contributed by atoms with Crippen LogP contribution in [0.3, 0.4) is 0 Å². The highest BCUT2D eigenvalue weighted by atomic mass is 19.1. The molecule has 2 heterocycles. The van der Waals surface area contributed by atoms with Crippen molar-refractivity contribution >= 4 is 17.7 Å². The molecule has 0 spiro atoms. The van der Waals surface area contributed by atoms with E-state index < -0.39 is 23.3 Å². The Bertz CT molecular complexity index is 1100. The summed E-state index contributed by atoms with van der Waals surface area (Å²) in [5.41, 5.74) is -1.36. The third-order valence-corrected chi connectivity index (χ3v) is 4.92. The Hall–Kier alpha value is -3.55. The number of rotatable bonds is 6. The smallest absolute Gasteiger partial charge is 0.360 e. The molecule has 0 radical (unpaired) electrons. The van der Waals surface area contributed by atoms with E-state index in [1.807, 2.05) is 0 Å². The Morgan fingerprint density at radius 2 is 2.19 bits per heavy atom. The predicted octanol–water partition coefficient (Wildman–Crippen LogP) is 1.07. The number of carbonyl (C=O) groups excluding carboxylic acids is 2. The largest absolute Gasteiger partial charge is 0.464 e. The number of benzene rings is 1. The third-order valence-electron chi connectivity index (χ3n) is 4.92. The third kappa shape index (κ3) is 4.85. The average molecular weight is 442 g/mol. The van der Waals surface area contributed by atoms with Crippen LogP contribution in [0.2, 0.25) is 0 Å². The molecule has 1 aliphatic heterocycles. The quantitative estimate of drug-likeness (QED) is 0.388. The molecular formula is C22H23FN4O5. The second-order valence-corrected chi connectivity index (χ2v) is 7.15.